The lowest BCUT2D eigenvalue weighted by Gasteiger charge is -2.13. The van der Waals surface area contributed by atoms with Crippen LogP contribution in [0.5, 0.6) is 0 Å². The summed E-state index contributed by atoms with van der Waals surface area (Å²) in [6, 6.07) is 9.77. The van der Waals surface area contributed by atoms with E-state index in [2.05, 4.69) is 6.92 Å². The molecule has 2 aromatic rings. The Kier molecular flexibility index (Phi) is 6.85. The van der Waals surface area contributed by atoms with E-state index in [0.29, 0.717) is 32.9 Å². The third-order valence-electron chi connectivity index (χ3n) is 4.37. The lowest BCUT2D eigenvalue weighted by Crippen LogP contribution is -2.28. The number of carbonyl (C=O) groups excluding carboxylic acids is 1. The van der Waals surface area contributed by atoms with Crippen molar-refractivity contribution >= 4 is 40.3 Å². The predicted octanol–water partition coefficient (Wildman–Crippen LogP) is 6.26. The van der Waals surface area contributed by atoms with Crippen molar-refractivity contribution in [3.05, 3.63) is 52.9 Å². The van der Waals surface area contributed by atoms with E-state index in [9.17, 15) is 9.18 Å². The Morgan fingerprint density at radius 3 is 2.78 bits per heavy atom. The van der Waals surface area contributed by atoms with Crippen LogP contribution in [-0.4, -0.2) is 21.7 Å². The molecule has 0 N–H and O–H groups in total. The third kappa shape index (κ3) is 5.08. The molecule has 2 heterocycles. The molecule has 3 nitrogen and oxygen atoms in total. The van der Waals surface area contributed by atoms with Crippen molar-refractivity contribution in [2.24, 2.45) is 0 Å². The molecule has 1 aliphatic rings. The monoisotopic (exact) mass is 403 g/mol. The van der Waals surface area contributed by atoms with Crippen molar-refractivity contribution in [2.45, 2.75) is 39.0 Å². The Hall–Kier alpha value is -1.92. The molecule has 0 atom stereocenters. The first-order valence-corrected chi connectivity index (χ1v) is 10.4. The van der Waals surface area contributed by atoms with Crippen LogP contribution < -0.4 is 0 Å². The second-order valence-electron chi connectivity index (χ2n) is 6.46. The molecule has 0 aliphatic carbocycles. The van der Waals surface area contributed by atoms with Gasteiger partial charge in [-0.3, -0.25) is 9.69 Å². The van der Waals surface area contributed by atoms with Crippen molar-refractivity contribution in [3.8, 4) is 11.3 Å². The molecule has 142 valence electrons. The molecule has 0 spiro atoms. The normalized spacial score (nSPS) is 15.9. The van der Waals surface area contributed by atoms with Gasteiger partial charge in [0.25, 0.3) is 5.91 Å². The van der Waals surface area contributed by atoms with E-state index < -0.39 is 0 Å². The quantitative estimate of drug-likeness (QED) is 0.296. The van der Waals surface area contributed by atoms with Crippen molar-refractivity contribution in [1.29, 1.82) is 0 Å². The zero-order valence-corrected chi connectivity index (χ0v) is 16.9. The zero-order valence-electron chi connectivity index (χ0n) is 15.2. The van der Waals surface area contributed by atoms with Gasteiger partial charge >= 0.3 is 0 Å². The van der Waals surface area contributed by atoms with Crippen molar-refractivity contribution in [1.82, 2.24) is 4.90 Å². The highest BCUT2D eigenvalue weighted by Gasteiger charge is 2.31. The maximum Gasteiger partial charge on any atom is 0.266 e. The van der Waals surface area contributed by atoms with Crippen molar-refractivity contribution in [2.75, 3.05) is 6.54 Å². The molecule has 0 radical (unpaired) electrons. The number of nitrogens with zero attached hydrogens (tertiary/aromatic N) is 1. The Balaban J connectivity index is 1.65. The highest BCUT2D eigenvalue weighted by molar-refractivity contribution is 8.26. The fourth-order valence-electron chi connectivity index (χ4n) is 2.92. The van der Waals surface area contributed by atoms with Crippen LogP contribution in [0.25, 0.3) is 17.4 Å². The zero-order chi connectivity index (χ0) is 19.2. The fourth-order valence-corrected chi connectivity index (χ4v) is 4.21. The molecular weight excluding hydrogens is 381 g/mol. The van der Waals surface area contributed by atoms with Crippen LogP contribution in [-0.2, 0) is 4.79 Å². The first-order chi connectivity index (χ1) is 13.1. The van der Waals surface area contributed by atoms with Crippen LogP contribution in [0.1, 0.15) is 44.8 Å². The summed E-state index contributed by atoms with van der Waals surface area (Å²) in [7, 11) is 0. The molecule has 3 rings (SSSR count). The summed E-state index contributed by atoms with van der Waals surface area (Å²) in [6.07, 6.45) is 7.40. The third-order valence-corrected chi connectivity index (χ3v) is 5.75. The predicted molar refractivity (Wildman–Crippen MR) is 113 cm³/mol. The second-order valence-corrected chi connectivity index (χ2v) is 8.14. The van der Waals surface area contributed by atoms with E-state index in [1.165, 1.54) is 43.2 Å². The van der Waals surface area contributed by atoms with Gasteiger partial charge in [0.15, 0.2) is 0 Å². The van der Waals surface area contributed by atoms with Crippen LogP contribution in [0.3, 0.4) is 0 Å². The van der Waals surface area contributed by atoms with Gasteiger partial charge in [-0.2, -0.15) is 0 Å². The number of carbonyl (C=O) groups is 1. The molecule has 0 unspecified atom stereocenters. The minimum Gasteiger partial charge on any atom is -0.457 e. The van der Waals surface area contributed by atoms with Gasteiger partial charge in [-0.15, -0.1) is 0 Å². The second kappa shape index (κ2) is 9.33. The minimum absolute atomic E-state index is 0.0656. The van der Waals surface area contributed by atoms with Gasteiger partial charge in [0.1, 0.15) is 21.7 Å². The van der Waals surface area contributed by atoms with Crippen LogP contribution >= 0.6 is 24.0 Å². The minimum atomic E-state index is -0.315. The van der Waals surface area contributed by atoms with Gasteiger partial charge < -0.3 is 4.42 Å². The van der Waals surface area contributed by atoms with Crippen molar-refractivity contribution < 1.29 is 13.6 Å². The van der Waals surface area contributed by atoms with Gasteiger partial charge in [0.05, 0.1) is 4.91 Å². The largest absolute Gasteiger partial charge is 0.457 e. The Morgan fingerprint density at radius 2 is 2.00 bits per heavy atom. The molecule has 1 amide bonds. The van der Waals surface area contributed by atoms with Gasteiger partial charge in [-0.25, -0.2) is 4.39 Å². The van der Waals surface area contributed by atoms with Gasteiger partial charge in [-0.1, -0.05) is 68.7 Å². The first-order valence-electron chi connectivity index (χ1n) is 9.19. The number of halogens is 1. The average molecular weight is 404 g/mol. The molecular formula is C21H22FNO2S2. The van der Waals surface area contributed by atoms with Gasteiger partial charge in [0, 0.05) is 18.2 Å². The molecule has 27 heavy (non-hydrogen) atoms. The molecule has 6 heteroatoms. The average Bonchev–Trinajstić information content (AvgIpc) is 3.21. The van der Waals surface area contributed by atoms with Crippen LogP contribution in [0, 0.1) is 5.82 Å². The number of furan rings is 1. The number of unbranched alkanes of at least 4 members (excludes halogenated alkanes) is 4. The highest BCUT2D eigenvalue weighted by Crippen LogP contribution is 2.34. The Labute approximate surface area is 168 Å². The molecule has 0 saturated carbocycles. The molecule has 1 aromatic carbocycles. The summed E-state index contributed by atoms with van der Waals surface area (Å²) in [5, 5.41) is 0. The van der Waals surface area contributed by atoms with E-state index in [-0.39, 0.29) is 11.7 Å². The lowest BCUT2D eigenvalue weighted by atomic mass is 10.1. The summed E-state index contributed by atoms with van der Waals surface area (Å²) in [4.78, 5) is 14.9. The number of thioether (sulfide) groups is 1. The number of amides is 1. The number of benzene rings is 1. The number of thiocarbonyl (C=S) groups is 1. The molecule has 1 saturated heterocycles. The summed E-state index contributed by atoms with van der Waals surface area (Å²) < 4.78 is 19.7. The fraction of sp³-hybridized carbons (Fsp3) is 0.333. The number of rotatable bonds is 8. The van der Waals surface area contributed by atoms with Gasteiger partial charge in [0.2, 0.25) is 0 Å². The molecule has 0 bridgehead atoms. The summed E-state index contributed by atoms with van der Waals surface area (Å²) in [6.45, 7) is 2.85. The lowest BCUT2D eigenvalue weighted by molar-refractivity contribution is -0.122. The van der Waals surface area contributed by atoms with E-state index in [4.69, 9.17) is 16.6 Å². The Bertz CT molecular complexity index is 859. The highest BCUT2D eigenvalue weighted by atomic mass is 32.2. The van der Waals surface area contributed by atoms with Crippen molar-refractivity contribution in [3.63, 3.8) is 0 Å². The summed E-state index contributed by atoms with van der Waals surface area (Å²) in [5.74, 6) is 0.735. The topological polar surface area (TPSA) is 33.5 Å². The molecule has 1 fully saturated rings. The molecule has 1 aliphatic heterocycles. The smallest absolute Gasteiger partial charge is 0.266 e. The molecule has 1 aromatic heterocycles. The SMILES string of the molecule is CCCCCCCN1C(=O)C(=Cc2ccc(-c3cccc(F)c3)o2)SC1=S. The van der Waals surface area contributed by atoms with Crippen LogP contribution in [0.2, 0.25) is 0 Å². The van der Waals surface area contributed by atoms with E-state index in [1.807, 2.05) is 0 Å². The number of hydrogen-bond acceptors (Lipinski definition) is 4. The van der Waals surface area contributed by atoms with Gasteiger partial charge in [-0.05, 0) is 30.7 Å². The standard InChI is InChI=1S/C21H22FNO2S2/c1-2-3-4-5-6-12-23-20(24)19(27-21(23)26)14-17-10-11-18(25-17)15-8-7-9-16(22)13-15/h7-11,13-14H,2-6,12H2,1H3. The van der Waals surface area contributed by atoms with E-state index >= 15 is 0 Å². The maximum absolute atomic E-state index is 13.4. The van der Waals surface area contributed by atoms with E-state index in [0.717, 1.165) is 12.8 Å². The van der Waals surface area contributed by atoms with Crippen LogP contribution in [0.4, 0.5) is 4.39 Å². The summed E-state index contributed by atoms with van der Waals surface area (Å²) >= 11 is 6.66. The first kappa shape index (κ1) is 19.8. The number of hydrogen-bond donors (Lipinski definition) is 0. The summed E-state index contributed by atoms with van der Waals surface area (Å²) in [5.41, 5.74) is 0.661. The maximum atomic E-state index is 13.4. The Morgan fingerprint density at radius 1 is 1.19 bits per heavy atom. The van der Waals surface area contributed by atoms with Crippen LogP contribution in [0.15, 0.2) is 45.7 Å². The van der Waals surface area contributed by atoms with E-state index in [1.54, 1.807) is 35.2 Å².